The maximum atomic E-state index is 12.9. The van der Waals surface area contributed by atoms with Crippen LogP contribution in [0.1, 0.15) is 33.3 Å². The van der Waals surface area contributed by atoms with Crippen LogP contribution in [0.4, 0.5) is 4.39 Å². The fraction of sp³-hybridized carbons (Fsp3) is 0.600. The van der Waals surface area contributed by atoms with Gasteiger partial charge in [-0.2, -0.15) is 0 Å². The summed E-state index contributed by atoms with van der Waals surface area (Å²) in [6, 6.07) is 4.56. The molecule has 0 amide bonds. The van der Waals surface area contributed by atoms with E-state index in [0.717, 1.165) is 12.1 Å². The van der Waals surface area contributed by atoms with Crippen molar-refractivity contribution < 1.29 is 4.39 Å². The number of nitrogens with one attached hydrogen (secondary N) is 1. The Hall–Kier alpha value is -0.600. The molecule has 0 spiro atoms. The predicted molar refractivity (Wildman–Crippen MR) is 74.2 cm³/mol. The number of benzene rings is 1. The highest BCUT2D eigenvalue weighted by atomic mass is 35.5. The lowest BCUT2D eigenvalue weighted by molar-refractivity contribution is 0.457. The van der Waals surface area contributed by atoms with E-state index in [0.29, 0.717) is 28.3 Å². The number of hydrogen-bond donors (Lipinski definition) is 1. The Labute approximate surface area is 114 Å². The maximum Gasteiger partial charge on any atom is 0.124 e. The summed E-state index contributed by atoms with van der Waals surface area (Å²) in [6.07, 6.45) is 0. The van der Waals surface area contributed by atoms with Gasteiger partial charge in [0.05, 0.1) is 0 Å². The van der Waals surface area contributed by atoms with Gasteiger partial charge in [0.1, 0.15) is 5.82 Å². The second-order valence-corrected chi connectivity index (χ2v) is 6.77. The van der Waals surface area contributed by atoms with Gasteiger partial charge in [0.2, 0.25) is 0 Å². The SMILES string of the molecule is CC1(C)C(CNCc2ccc(F)cc2Cl)C1(C)C. The predicted octanol–water partition coefficient (Wildman–Crippen LogP) is 4.25. The van der Waals surface area contributed by atoms with Gasteiger partial charge in [0.15, 0.2) is 0 Å². The zero-order chi connectivity index (χ0) is 13.6. The molecule has 0 radical (unpaired) electrons. The van der Waals surface area contributed by atoms with Crippen LogP contribution in [0.15, 0.2) is 18.2 Å². The molecule has 0 saturated heterocycles. The lowest BCUT2D eigenvalue weighted by Gasteiger charge is -2.08. The first-order valence-electron chi connectivity index (χ1n) is 6.41. The van der Waals surface area contributed by atoms with Crippen molar-refractivity contribution in [1.29, 1.82) is 0 Å². The third-order valence-corrected chi connectivity index (χ3v) is 5.35. The molecule has 1 nitrogen and oxygen atoms in total. The normalized spacial score (nSPS) is 21.0. The van der Waals surface area contributed by atoms with Crippen LogP contribution in [0.2, 0.25) is 5.02 Å². The van der Waals surface area contributed by atoms with Crippen molar-refractivity contribution in [3.05, 3.63) is 34.6 Å². The molecule has 1 saturated carbocycles. The Morgan fingerprint density at radius 1 is 1.22 bits per heavy atom. The van der Waals surface area contributed by atoms with Crippen LogP contribution in [0.25, 0.3) is 0 Å². The minimum absolute atomic E-state index is 0.284. The standard InChI is InChI=1S/C15H21ClFN/c1-14(2)13(15(14,3)4)9-18-8-10-5-6-11(17)7-12(10)16/h5-7,13,18H,8-9H2,1-4H3. The van der Waals surface area contributed by atoms with Crippen molar-refractivity contribution in [3.63, 3.8) is 0 Å². The van der Waals surface area contributed by atoms with E-state index in [-0.39, 0.29) is 5.82 Å². The second kappa shape index (κ2) is 4.50. The molecule has 1 aliphatic carbocycles. The zero-order valence-corrected chi connectivity index (χ0v) is 12.2. The van der Waals surface area contributed by atoms with Crippen molar-refractivity contribution in [1.82, 2.24) is 5.32 Å². The summed E-state index contributed by atoms with van der Waals surface area (Å²) in [5.41, 5.74) is 1.74. The van der Waals surface area contributed by atoms with Gasteiger partial charge >= 0.3 is 0 Å². The molecule has 0 unspecified atom stereocenters. The van der Waals surface area contributed by atoms with Crippen molar-refractivity contribution in [2.24, 2.45) is 16.7 Å². The monoisotopic (exact) mass is 269 g/mol. The summed E-state index contributed by atoms with van der Waals surface area (Å²) in [6.45, 7) is 10.9. The molecule has 1 N–H and O–H groups in total. The molecule has 0 heterocycles. The van der Waals surface area contributed by atoms with E-state index in [1.165, 1.54) is 12.1 Å². The quantitative estimate of drug-likeness (QED) is 0.862. The van der Waals surface area contributed by atoms with Gasteiger partial charge in [0.25, 0.3) is 0 Å². The summed E-state index contributed by atoms with van der Waals surface area (Å²) in [5, 5.41) is 3.93. The fourth-order valence-electron chi connectivity index (χ4n) is 2.86. The van der Waals surface area contributed by atoms with Crippen molar-refractivity contribution in [2.75, 3.05) is 6.54 Å². The van der Waals surface area contributed by atoms with Gasteiger partial charge in [0, 0.05) is 11.6 Å². The highest BCUT2D eigenvalue weighted by Crippen LogP contribution is 2.67. The van der Waals surface area contributed by atoms with Gasteiger partial charge in [-0.3, -0.25) is 0 Å². The highest BCUT2D eigenvalue weighted by Gasteiger charge is 2.63. The van der Waals surface area contributed by atoms with Crippen molar-refractivity contribution >= 4 is 11.6 Å². The van der Waals surface area contributed by atoms with E-state index in [2.05, 4.69) is 33.0 Å². The first-order valence-corrected chi connectivity index (χ1v) is 6.79. The number of rotatable bonds is 4. The van der Waals surface area contributed by atoms with Gasteiger partial charge in [-0.15, -0.1) is 0 Å². The van der Waals surface area contributed by atoms with E-state index in [4.69, 9.17) is 11.6 Å². The summed E-state index contributed by atoms with van der Waals surface area (Å²) >= 11 is 5.99. The number of hydrogen-bond acceptors (Lipinski definition) is 1. The average Bonchev–Trinajstić information content (AvgIpc) is 2.63. The van der Waals surface area contributed by atoms with Gasteiger partial charge in [-0.05, 0) is 41.0 Å². The highest BCUT2D eigenvalue weighted by molar-refractivity contribution is 6.31. The zero-order valence-electron chi connectivity index (χ0n) is 11.5. The van der Waals surface area contributed by atoms with Crippen LogP contribution in [-0.4, -0.2) is 6.54 Å². The lowest BCUT2D eigenvalue weighted by atomic mass is 10.0. The molecule has 1 aromatic carbocycles. The molecule has 2 rings (SSSR count). The average molecular weight is 270 g/mol. The van der Waals surface area contributed by atoms with Crippen LogP contribution in [-0.2, 0) is 6.54 Å². The van der Waals surface area contributed by atoms with Crippen LogP contribution >= 0.6 is 11.6 Å². The van der Waals surface area contributed by atoms with Gasteiger partial charge < -0.3 is 5.32 Å². The molecule has 1 aliphatic rings. The molecule has 18 heavy (non-hydrogen) atoms. The van der Waals surface area contributed by atoms with E-state index in [1.807, 2.05) is 0 Å². The largest absolute Gasteiger partial charge is 0.312 e. The van der Waals surface area contributed by atoms with Gasteiger partial charge in [-0.1, -0.05) is 45.4 Å². The molecular weight excluding hydrogens is 249 g/mol. The molecular formula is C15H21ClFN. The van der Waals surface area contributed by atoms with Crippen molar-refractivity contribution in [3.8, 4) is 0 Å². The Balaban J connectivity index is 1.87. The Bertz CT molecular complexity index is 440. The lowest BCUT2D eigenvalue weighted by Crippen LogP contribution is -2.19. The summed E-state index contributed by atoms with van der Waals surface area (Å²) in [7, 11) is 0. The van der Waals surface area contributed by atoms with E-state index in [1.54, 1.807) is 6.07 Å². The molecule has 0 atom stereocenters. The minimum Gasteiger partial charge on any atom is -0.312 e. The second-order valence-electron chi connectivity index (χ2n) is 6.36. The first-order chi connectivity index (χ1) is 8.26. The maximum absolute atomic E-state index is 12.9. The fourth-order valence-corrected chi connectivity index (χ4v) is 3.09. The molecule has 0 aromatic heterocycles. The van der Waals surface area contributed by atoms with E-state index < -0.39 is 0 Å². The topological polar surface area (TPSA) is 12.0 Å². The molecule has 1 aromatic rings. The molecule has 0 bridgehead atoms. The Morgan fingerprint density at radius 2 is 1.83 bits per heavy atom. The smallest absolute Gasteiger partial charge is 0.124 e. The summed E-state index contributed by atoms with van der Waals surface area (Å²) in [5.74, 6) is 0.400. The van der Waals surface area contributed by atoms with Gasteiger partial charge in [-0.25, -0.2) is 4.39 Å². The van der Waals surface area contributed by atoms with E-state index >= 15 is 0 Å². The third-order valence-electron chi connectivity index (χ3n) is 5.00. The van der Waals surface area contributed by atoms with Crippen LogP contribution in [0.5, 0.6) is 0 Å². The third kappa shape index (κ3) is 2.28. The van der Waals surface area contributed by atoms with Crippen LogP contribution in [0.3, 0.4) is 0 Å². The first kappa shape index (κ1) is 13.8. The molecule has 3 heteroatoms. The Morgan fingerprint density at radius 3 is 2.33 bits per heavy atom. The molecule has 1 fully saturated rings. The minimum atomic E-state index is -0.284. The Kier molecular flexibility index (Phi) is 3.46. The molecule has 100 valence electrons. The summed E-state index contributed by atoms with van der Waals surface area (Å²) in [4.78, 5) is 0. The van der Waals surface area contributed by atoms with E-state index in [9.17, 15) is 4.39 Å². The van der Waals surface area contributed by atoms with Crippen LogP contribution in [0, 0.1) is 22.6 Å². The van der Waals surface area contributed by atoms with Crippen molar-refractivity contribution in [2.45, 2.75) is 34.2 Å². The molecule has 0 aliphatic heterocycles. The summed E-state index contributed by atoms with van der Waals surface area (Å²) < 4.78 is 12.9. The van der Waals surface area contributed by atoms with Crippen LogP contribution < -0.4 is 5.32 Å². The number of halogens is 2.